The molecule has 0 saturated carbocycles. The van der Waals surface area contributed by atoms with Crippen LogP contribution >= 0.6 is 0 Å². The Bertz CT molecular complexity index is 862. The molecule has 1 N–H and O–H groups in total. The highest BCUT2D eigenvalue weighted by atomic mass is 16.5. The lowest BCUT2D eigenvalue weighted by Crippen LogP contribution is -2.10. The molecule has 146 valence electrons. The summed E-state index contributed by atoms with van der Waals surface area (Å²) in [7, 11) is 1.75. The SMILES string of the molecule is CO[C@H](c1ccccc1)[C@H](C)/C=C/CCn1cc([C@H](O)c2ccccc2)nn1. The predicted octanol–water partition coefficient (Wildman–Crippen LogP) is 4.33. The van der Waals surface area contributed by atoms with E-state index in [1.54, 1.807) is 18.0 Å². The summed E-state index contributed by atoms with van der Waals surface area (Å²) < 4.78 is 7.44. The van der Waals surface area contributed by atoms with Gasteiger partial charge in [0.05, 0.1) is 12.3 Å². The average Bonchev–Trinajstić information content (AvgIpc) is 3.21. The maximum Gasteiger partial charge on any atom is 0.124 e. The van der Waals surface area contributed by atoms with Crippen LogP contribution in [0.25, 0.3) is 0 Å². The summed E-state index contributed by atoms with van der Waals surface area (Å²) in [6.45, 7) is 2.86. The third-order valence-electron chi connectivity index (χ3n) is 4.78. The molecule has 0 unspecified atom stereocenters. The molecule has 0 saturated heterocycles. The van der Waals surface area contributed by atoms with Crippen LogP contribution in [-0.2, 0) is 11.3 Å². The third kappa shape index (κ3) is 5.15. The molecule has 1 aromatic heterocycles. The highest BCUT2D eigenvalue weighted by Crippen LogP contribution is 2.26. The van der Waals surface area contributed by atoms with Gasteiger partial charge in [-0.05, 0) is 17.5 Å². The lowest BCUT2D eigenvalue weighted by atomic mass is 9.96. The molecule has 0 radical (unpaired) electrons. The molecule has 0 aliphatic carbocycles. The summed E-state index contributed by atoms with van der Waals surface area (Å²) in [5, 5.41) is 18.6. The molecule has 2 aromatic carbocycles. The van der Waals surface area contributed by atoms with Crippen LogP contribution in [0.3, 0.4) is 0 Å². The van der Waals surface area contributed by atoms with Gasteiger partial charge in [-0.2, -0.15) is 0 Å². The summed E-state index contributed by atoms with van der Waals surface area (Å²) in [5.41, 5.74) is 2.56. The summed E-state index contributed by atoms with van der Waals surface area (Å²) in [6, 6.07) is 19.7. The van der Waals surface area contributed by atoms with Crippen LogP contribution < -0.4 is 0 Å². The Balaban J connectivity index is 1.53. The molecule has 0 spiro atoms. The number of nitrogens with zero attached hydrogens (tertiary/aromatic N) is 3. The number of aryl methyl sites for hydroxylation is 1. The van der Waals surface area contributed by atoms with E-state index in [4.69, 9.17) is 4.74 Å². The monoisotopic (exact) mass is 377 g/mol. The second-order valence-corrected chi connectivity index (χ2v) is 6.86. The zero-order valence-electron chi connectivity index (χ0n) is 16.3. The zero-order valence-corrected chi connectivity index (χ0v) is 16.3. The van der Waals surface area contributed by atoms with Crippen molar-refractivity contribution in [2.75, 3.05) is 7.11 Å². The number of aliphatic hydroxyl groups is 1. The third-order valence-corrected chi connectivity index (χ3v) is 4.78. The van der Waals surface area contributed by atoms with Gasteiger partial charge in [0, 0.05) is 19.6 Å². The Morgan fingerprint density at radius 3 is 2.32 bits per heavy atom. The van der Waals surface area contributed by atoms with Gasteiger partial charge < -0.3 is 9.84 Å². The van der Waals surface area contributed by atoms with Crippen LogP contribution in [0, 0.1) is 5.92 Å². The first-order valence-corrected chi connectivity index (χ1v) is 9.56. The number of ether oxygens (including phenoxy) is 1. The molecule has 1 heterocycles. The van der Waals surface area contributed by atoms with Gasteiger partial charge >= 0.3 is 0 Å². The molecule has 5 heteroatoms. The van der Waals surface area contributed by atoms with Gasteiger partial charge in [-0.3, -0.25) is 4.68 Å². The van der Waals surface area contributed by atoms with Crippen LogP contribution in [0.15, 0.2) is 79.0 Å². The molecule has 5 nitrogen and oxygen atoms in total. The molecule has 0 amide bonds. The lowest BCUT2D eigenvalue weighted by Gasteiger charge is -2.20. The Hall–Kier alpha value is -2.76. The highest BCUT2D eigenvalue weighted by molar-refractivity contribution is 5.23. The van der Waals surface area contributed by atoms with Crippen molar-refractivity contribution in [1.29, 1.82) is 0 Å². The van der Waals surface area contributed by atoms with Crippen LogP contribution in [0.5, 0.6) is 0 Å². The van der Waals surface area contributed by atoms with Crippen molar-refractivity contribution in [2.24, 2.45) is 5.92 Å². The first-order valence-electron chi connectivity index (χ1n) is 9.56. The maximum atomic E-state index is 10.4. The number of hydrogen-bond donors (Lipinski definition) is 1. The van der Waals surface area contributed by atoms with Gasteiger partial charge in [0.2, 0.25) is 0 Å². The van der Waals surface area contributed by atoms with E-state index in [-0.39, 0.29) is 12.0 Å². The quantitative estimate of drug-likeness (QED) is 0.564. The fourth-order valence-corrected chi connectivity index (χ4v) is 3.27. The lowest BCUT2D eigenvalue weighted by molar-refractivity contribution is 0.0740. The maximum absolute atomic E-state index is 10.4. The van der Waals surface area contributed by atoms with Crippen LogP contribution in [-0.4, -0.2) is 27.2 Å². The largest absolute Gasteiger partial charge is 0.382 e. The number of methoxy groups -OCH3 is 1. The van der Waals surface area contributed by atoms with E-state index < -0.39 is 6.10 Å². The van der Waals surface area contributed by atoms with Gasteiger partial charge in [-0.25, -0.2) is 0 Å². The first-order chi connectivity index (χ1) is 13.7. The van der Waals surface area contributed by atoms with Gasteiger partial charge in [-0.15, -0.1) is 5.10 Å². The van der Waals surface area contributed by atoms with Crippen molar-refractivity contribution < 1.29 is 9.84 Å². The predicted molar refractivity (Wildman–Crippen MR) is 110 cm³/mol. The van der Waals surface area contributed by atoms with E-state index in [9.17, 15) is 5.11 Å². The number of allylic oxidation sites excluding steroid dienone is 1. The number of aliphatic hydroxyl groups excluding tert-OH is 1. The number of hydrogen-bond acceptors (Lipinski definition) is 4. The van der Waals surface area contributed by atoms with Crippen molar-refractivity contribution in [1.82, 2.24) is 15.0 Å². The van der Waals surface area contributed by atoms with Crippen molar-refractivity contribution in [3.63, 3.8) is 0 Å². The number of rotatable bonds is 9. The Labute approximate surface area is 166 Å². The topological polar surface area (TPSA) is 60.2 Å². The molecule has 3 atom stereocenters. The number of aromatic nitrogens is 3. The fourth-order valence-electron chi connectivity index (χ4n) is 3.27. The van der Waals surface area contributed by atoms with Crippen LogP contribution in [0.1, 0.15) is 42.4 Å². The van der Waals surface area contributed by atoms with Crippen molar-refractivity contribution in [3.05, 3.63) is 95.8 Å². The van der Waals surface area contributed by atoms with Gasteiger partial charge in [0.15, 0.2) is 0 Å². The Morgan fingerprint density at radius 1 is 1.04 bits per heavy atom. The van der Waals surface area contributed by atoms with E-state index in [2.05, 4.69) is 41.5 Å². The summed E-state index contributed by atoms with van der Waals surface area (Å²) in [4.78, 5) is 0. The van der Waals surface area contributed by atoms with Gasteiger partial charge in [-0.1, -0.05) is 85.0 Å². The molecule has 28 heavy (non-hydrogen) atoms. The minimum absolute atomic E-state index is 0.0384. The fraction of sp³-hybridized carbons (Fsp3) is 0.304. The molecule has 0 aliphatic rings. The second-order valence-electron chi connectivity index (χ2n) is 6.86. The molecule has 0 aliphatic heterocycles. The van der Waals surface area contributed by atoms with E-state index in [0.717, 1.165) is 12.0 Å². The van der Waals surface area contributed by atoms with Crippen LogP contribution in [0.4, 0.5) is 0 Å². The van der Waals surface area contributed by atoms with Crippen LogP contribution in [0.2, 0.25) is 0 Å². The second kappa shape index (κ2) is 9.97. The normalized spacial score (nSPS) is 14.8. The summed E-state index contributed by atoms with van der Waals surface area (Å²) in [6.07, 6.45) is 6.25. The molecular formula is C23H27N3O2. The van der Waals surface area contributed by atoms with Gasteiger partial charge in [0.1, 0.15) is 11.8 Å². The standard InChI is InChI=1S/C23H27N3O2/c1-18(23(28-2)20-14-7-4-8-15-20)11-9-10-16-26-17-21(24-25-26)22(27)19-12-5-3-6-13-19/h3-9,11-15,17-18,22-23,27H,10,16H2,1-2H3/b11-9+/t18-,22-,23+/m1/s1. The number of benzene rings is 2. The molecule has 3 aromatic rings. The smallest absolute Gasteiger partial charge is 0.124 e. The first kappa shape index (κ1) is 20.0. The zero-order chi connectivity index (χ0) is 19.8. The van der Waals surface area contributed by atoms with Gasteiger partial charge in [0.25, 0.3) is 0 Å². The van der Waals surface area contributed by atoms with E-state index in [1.807, 2.05) is 48.5 Å². The average molecular weight is 377 g/mol. The summed E-state index contributed by atoms with van der Waals surface area (Å²) >= 11 is 0. The highest BCUT2D eigenvalue weighted by Gasteiger charge is 2.16. The Kier molecular flexibility index (Phi) is 7.12. The summed E-state index contributed by atoms with van der Waals surface area (Å²) in [5.74, 6) is 0.263. The van der Waals surface area contributed by atoms with Crippen molar-refractivity contribution in [3.8, 4) is 0 Å². The Morgan fingerprint density at radius 2 is 1.68 bits per heavy atom. The van der Waals surface area contributed by atoms with E-state index in [0.29, 0.717) is 12.2 Å². The molecule has 0 bridgehead atoms. The van der Waals surface area contributed by atoms with E-state index in [1.165, 1.54) is 5.56 Å². The molecular weight excluding hydrogens is 350 g/mol. The van der Waals surface area contributed by atoms with Crippen molar-refractivity contribution >= 4 is 0 Å². The van der Waals surface area contributed by atoms with Crippen molar-refractivity contribution in [2.45, 2.75) is 32.1 Å². The molecule has 3 rings (SSSR count). The minimum atomic E-state index is -0.751. The van der Waals surface area contributed by atoms with E-state index >= 15 is 0 Å². The molecule has 0 fully saturated rings. The minimum Gasteiger partial charge on any atom is -0.382 e.